The fourth-order valence-electron chi connectivity index (χ4n) is 2.96. The Morgan fingerprint density at radius 2 is 1.89 bits per heavy atom. The number of methoxy groups -OCH3 is 1. The van der Waals surface area contributed by atoms with Gasteiger partial charge >= 0.3 is 0 Å². The highest BCUT2D eigenvalue weighted by atomic mass is 32.2. The second kappa shape index (κ2) is 7.84. The number of hydrogen-bond donors (Lipinski definition) is 1. The summed E-state index contributed by atoms with van der Waals surface area (Å²) in [5, 5.41) is 14.0. The molecule has 1 N–H and O–H groups in total. The van der Waals surface area contributed by atoms with Gasteiger partial charge in [-0.3, -0.25) is 10.1 Å². The van der Waals surface area contributed by atoms with Gasteiger partial charge in [-0.1, -0.05) is 0 Å². The van der Waals surface area contributed by atoms with Crippen molar-refractivity contribution in [3.63, 3.8) is 0 Å². The Hall–Kier alpha value is -2.79. The molecule has 1 aliphatic heterocycles. The minimum Gasteiger partial charge on any atom is -0.481 e. The van der Waals surface area contributed by atoms with Crippen molar-refractivity contribution in [2.45, 2.75) is 23.8 Å². The maximum Gasteiger partial charge on any atom is 0.269 e. The molecule has 0 saturated carbocycles. The van der Waals surface area contributed by atoms with E-state index < -0.39 is 14.9 Å². The molecule has 0 radical (unpaired) electrons. The average Bonchev–Trinajstić information content (AvgIpc) is 2.69. The summed E-state index contributed by atoms with van der Waals surface area (Å²) in [6, 6.07) is 5.98. The van der Waals surface area contributed by atoms with Crippen LogP contribution >= 0.6 is 0 Å². The smallest absolute Gasteiger partial charge is 0.269 e. The van der Waals surface area contributed by atoms with Crippen LogP contribution in [-0.4, -0.2) is 49.6 Å². The van der Waals surface area contributed by atoms with E-state index in [0.717, 1.165) is 0 Å². The van der Waals surface area contributed by atoms with Gasteiger partial charge < -0.3 is 10.1 Å². The van der Waals surface area contributed by atoms with Crippen molar-refractivity contribution in [3.05, 3.63) is 46.8 Å². The van der Waals surface area contributed by atoms with Crippen molar-refractivity contribution >= 4 is 21.5 Å². The molecule has 1 fully saturated rings. The third kappa shape index (κ3) is 3.98. The van der Waals surface area contributed by atoms with Crippen molar-refractivity contribution in [2.24, 2.45) is 0 Å². The third-order valence-corrected chi connectivity index (χ3v) is 6.18. The summed E-state index contributed by atoms with van der Waals surface area (Å²) in [7, 11) is -2.55. The number of nitrogens with zero attached hydrogens (tertiary/aromatic N) is 4. The number of sulfonamides is 1. The molecule has 0 atom stereocenters. The Balaban J connectivity index is 2.06. The second-order valence-corrected chi connectivity index (χ2v) is 7.77. The lowest BCUT2D eigenvalue weighted by molar-refractivity contribution is -0.384. The van der Waals surface area contributed by atoms with Crippen LogP contribution < -0.4 is 14.4 Å². The minimum atomic E-state index is -3.98. The van der Waals surface area contributed by atoms with Gasteiger partial charge in [0.15, 0.2) is 0 Å². The van der Waals surface area contributed by atoms with E-state index in [0.29, 0.717) is 25.9 Å². The number of ether oxygens (including phenoxy) is 1. The van der Waals surface area contributed by atoms with Gasteiger partial charge in [-0.25, -0.2) is 22.7 Å². The summed E-state index contributed by atoms with van der Waals surface area (Å²) in [6.45, 7) is 1.36. The Morgan fingerprint density at radius 1 is 1.22 bits per heavy atom. The standard InChI is InChI=1S/C16H19N5O5S/c1-26-16-10-15(18-11-19-16)20(12-6-8-17-9-7-12)27(24,25)14-4-2-13(3-5-14)21(22)23/h2-5,10-12,17H,6-9H2,1H3. The van der Waals surface area contributed by atoms with Gasteiger partial charge in [0.25, 0.3) is 15.7 Å². The van der Waals surface area contributed by atoms with Gasteiger partial charge in [-0.05, 0) is 38.1 Å². The number of nitrogens with one attached hydrogen (secondary N) is 1. The molecule has 11 heteroatoms. The fraction of sp³-hybridized carbons (Fsp3) is 0.375. The van der Waals surface area contributed by atoms with Crippen LogP contribution in [0.2, 0.25) is 0 Å². The molecule has 0 spiro atoms. The van der Waals surface area contributed by atoms with E-state index in [1.165, 1.54) is 48.1 Å². The molecule has 10 nitrogen and oxygen atoms in total. The van der Waals surface area contributed by atoms with Crippen LogP contribution in [0.4, 0.5) is 11.5 Å². The maximum atomic E-state index is 13.3. The second-order valence-electron chi connectivity index (χ2n) is 5.95. The van der Waals surface area contributed by atoms with Crippen molar-refractivity contribution in [2.75, 3.05) is 24.5 Å². The summed E-state index contributed by atoms with van der Waals surface area (Å²) >= 11 is 0. The number of anilines is 1. The highest BCUT2D eigenvalue weighted by Gasteiger charge is 2.34. The predicted molar refractivity (Wildman–Crippen MR) is 97.2 cm³/mol. The zero-order valence-corrected chi connectivity index (χ0v) is 15.4. The zero-order chi connectivity index (χ0) is 19.4. The van der Waals surface area contributed by atoms with Crippen LogP contribution in [-0.2, 0) is 10.0 Å². The van der Waals surface area contributed by atoms with Crippen LogP contribution in [0, 0.1) is 10.1 Å². The van der Waals surface area contributed by atoms with Gasteiger partial charge in [0.2, 0.25) is 5.88 Å². The third-order valence-electron chi connectivity index (χ3n) is 4.31. The first-order valence-corrected chi connectivity index (χ1v) is 9.73. The number of aromatic nitrogens is 2. The Morgan fingerprint density at radius 3 is 2.48 bits per heavy atom. The van der Waals surface area contributed by atoms with E-state index >= 15 is 0 Å². The number of rotatable bonds is 6. The van der Waals surface area contributed by atoms with Crippen molar-refractivity contribution in [1.29, 1.82) is 0 Å². The summed E-state index contributed by atoms with van der Waals surface area (Å²) in [5.41, 5.74) is -0.175. The van der Waals surface area contributed by atoms with Crippen molar-refractivity contribution < 1.29 is 18.1 Å². The summed E-state index contributed by atoms with van der Waals surface area (Å²) in [5.74, 6) is 0.449. The molecular weight excluding hydrogens is 374 g/mol. The van der Waals surface area contributed by atoms with Gasteiger partial charge in [-0.15, -0.1) is 0 Å². The minimum absolute atomic E-state index is 0.0378. The molecule has 2 heterocycles. The first kappa shape index (κ1) is 19.0. The lowest BCUT2D eigenvalue weighted by Crippen LogP contribution is -2.46. The first-order chi connectivity index (χ1) is 12.9. The summed E-state index contributed by atoms with van der Waals surface area (Å²) in [6.07, 6.45) is 2.46. The Labute approximate surface area is 156 Å². The highest BCUT2D eigenvalue weighted by molar-refractivity contribution is 7.92. The molecular formula is C16H19N5O5S. The molecule has 27 heavy (non-hydrogen) atoms. The van der Waals surface area contributed by atoms with E-state index in [4.69, 9.17) is 4.74 Å². The van der Waals surface area contributed by atoms with Crippen LogP contribution in [0.1, 0.15) is 12.8 Å². The molecule has 0 aliphatic carbocycles. The normalized spacial score (nSPS) is 15.3. The number of nitro benzene ring substituents is 1. The predicted octanol–water partition coefficient (Wildman–Crippen LogP) is 1.34. The number of hydrogen-bond acceptors (Lipinski definition) is 8. The monoisotopic (exact) mass is 393 g/mol. The maximum absolute atomic E-state index is 13.3. The van der Waals surface area contributed by atoms with E-state index in [2.05, 4.69) is 15.3 Å². The molecule has 0 unspecified atom stereocenters. The lowest BCUT2D eigenvalue weighted by atomic mass is 10.1. The number of benzene rings is 1. The molecule has 1 saturated heterocycles. The molecule has 0 bridgehead atoms. The molecule has 1 aliphatic rings. The van der Waals surface area contributed by atoms with E-state index in [1.54, 1.807) is 0 Å². The number of non-ortho nitro benzene ring substituents is 1. The average molecular weight is 393 g/mol. The number of nitro groups is 1. The molecule has 1 aromatic carbocycles. The van der Waals surface area contributed by atoms with Crippen LogP contribution in [0.5, 0.6) is 5.88 Å². The number of piperidine rings is 1. The van der Waals surface area contributed by atoms with Crippen LogP contribution in [0.15, 0.2) is 41.6 Å². The zero-order valence-electron chi connectivity index (χ0n) is 14.6. The van der Waals surface area contributed by atoms with Gasteiger partial charge in [0, 0.05) is 24.2 Å². The van der Waals surface area contributed by atoms with E-state index in [9.17, 15) is 18.5 Å². The first-order valence-electron chi connectivity index (χ1n) is 8.29. The summed E-state index contributed by atoms with van der Waals surface area (Å²) in [4.78, 5) is 18.3. The fourth-order valence-corrected chi connectivity index (χ4v) is 4.62. The Bertz CT molecular complexity index is 913. The topological polar surface area (TPSA) is 128 Å². The van der Waals surface area contributed by atoms with Crippen LogP contribution in [0.3, 0.4) is 0 Å². The largest absolute Gasteiger partial charge is 0.481 e. The Kier molecular flexibility index (Phi) is 5.51. The van der Waals surface area contributed by atoms with Crippen LogP contribution in [0.25, 0.3) is 0 Å². The molecule has 0 amide bonds. The SMILES string of the molecule is COc1cc(N(C2CCNCC2)S(=O)(=O)c2ccc([N+](=O)[O-])cc2)ncn1. The molecule has 3 rings (SSSR count). The molecule has 1 aromatic heterocycles. The molecule has 2 aromatic rings. The van der Waals surface area contributed by atoms with E-state index in [-0.39, 0.29) is 28.3 Å². The lowest BCUT2D eigenvalue weighted by Gasteiger charge is -2.34. The van der Waals surface area contributed by atoms with E-state index in [1.807, 2.05) is 0 Å². The molecule has 144 valence electrons. The van der Waals surface area contributed by atoms with Gasteiger partial charge in [0.1, 0.15) is 12.1 Å². The summed E-state index contributed by atoms with van der Waals surface area (Å²) < 4.78 is 33.1. The van der Waals surface area contributed by atoms with Gasteiger partial charge in [-0.2, -0.15) is 0 Å². The van der Waals surface area contributed by atoms with Crippen molar-refractivity contribution in [1.82, 2.24) is 15.3 Å². The van der Waals surface area contributed by atoms with Crippen molar-refractivity contribution in [3.8, 4) is 5.88 Å². The highest BCUT2D eigenvalue weighted by Crippen LogP contribution is 2.30. The van der Waals surface area contributed by atoms with Gasteiger partial charge in [0.05, 0.1) is 16.9 Å². The quantitative estimate of drug-likeness (QED) is 0.575.